The van der Waals surface area contributed by atoms with Crippen LogP contribution in [0.5, 0.6) is 0 Å². The van der Waals surface area contributed by atoms with Gasteiger partial charge in [-0.1, -0.05) is 154 Å². The van der Waals surface area contributed by atoms with E-state index in [2.05, 4.69) is 193 Å². The van der Waals surface area contributed by atoms with Crippen molar-refractivity contribution in [1.82, 2.24) is 0 Å². The third kappa shape index (κ3) is 6.69. The second-order valence-electron chi connectivity index (χ2n) is 27.2. The summed E-state index contributed by atoms with van der Waals surface area (Å²) in [5.74, 6) is 0. The summed E-state index contributed by atoms with van der Waals surface area (Å²) in [6.45, 7) is 23.6. The van der Waals surface area contributed by atoms with E-state index in [9.17, 15) is 8.00 Å². The summed E-state index contributed by atoms with van der Waals surface area (Å²) < 4.78 is 53.0. The molecule has 1 aromatic heterocycles. The maximum atomic E-state index is 11.1. The molecule has 1 saturated carbocycles. The molecule has 2 unspecified atom stereocenters. The minimum Gasteiger partial charge on any atom is -0.454 e. The summed E-state index contributed by atoms with van der Waals surface area (Å²) in [4.78, 5) is 7.39. The fourth-order valence-corrected chi connectivity index (χ4v) is 16.1. The Labute approximate surface area is 475 Å². The second kappa shape index (κ2) is 16.3. The van der Waals surface area contributed by atoms with Crippen LogP contribution in [0.4, 0.5) is 45.5 Å². The van der Waals surface area contributed by atoms with Gasteiger partial charge in [0.25, 0.3) is 6.71 Å². The molecule has 4 heterocycles. The van der Waals surface area contributed by atoms with Gasteiger partial charge in [-0.3, -0.25) is 0 Å². The summed E-state index contributed by atoms with van der Waals surface area (Å²) in [6.07, 6.45) is 8.34. The van der Waals surface area contributed by atoms with E-state index in [0.717, 1.165) is 130 Å². The topological polar surface area (TPSA) is 46.7 Å². The molecular weight excluding hydrogens is 960 g/mol. The van der Waals surface area contributed by atoms with Crippen LogP contribution in [-0.2, 0) is 27.1 Å². The smallest absolute Gasteiger partial charge is 0.252 e. The van der Waals surface area contributed by atoms with Gasteiger partial charge in [0.2, 0.25) is 0 Å². The van der Waals surface area contributed by atoms with Gasteiger partial charge in [0.15, 0.2) is 5.58 Å². The molecule has 0 amide bonds. The first kappa shape index (κ1) is 43.4. The van der Waals surface area contributed by atoms with Crippen molar-refractivity contribution in [3.8, 4) is 17.2 Å². The maximum Gasteiger partial charge on any atom is 0.252 e. The predicted molar refractivity (Wildman–Crippen MR) is 331 cm³/mol. The number of para-hydroxylation sites is 2. The van der Waals surface area contributed by atoms with E-state index < -0.39 is 11.6 Å². The van der Waals surface area contributed by atoms with Crippen molar-refractivity contribution in [2.45, 2.75) is 153 Å². The van der Waals surface area contributed by atoms with Crippen LogP contribution in [0, 0.1) is 11.3 Å². The Bertz CT molecular complexity index is 4340. The third-order valence-electron chi connectivity index (χ3n) is 21.0. The highest BCUT2D eigenvalue weighted by Gasteiger charge is 2.61. The monoisotopic (exact) mass is 1040 g/mol. The van der Waals surface area contributed by atoms with Crippen molar-refractivity contribution >= 4 is 90.5 Å². The zero-order chi connectivity index (χ0) is 58.7. The lowest BCUT2D eigenvalue weighted by Gasteiger charge is -2.53. The summed E-state index contributed by atoms with van der Waals surface area (Å²) in [5, 5.41) is 13.1. The highest BCUT2D eigenvalue weighted by atomic mass is 16.3. The highest BCUT2D eigenvalue weighted by Crippen LogP contribution is 2.63. The molecule has 8 aromatic carbocycles. The summed E-state index contributed by atoms with van der Waals surface area (Å²) >= 11 is 0. The van der Waals surface area contributed by atoms with Crippen molar-refractivity contribution in [3.05, 3.63) is 185 Å². The quantitative estimate of drug-likeness (QED) is 0.161. The van der Waals surface area contributed by atoms with Gasteiger partial charge in [0, 0.05) is 56.0 Å². The molecule has 79 heavy (non-hydrogen) atoms. The van der Waals surface area contributed by atoms with Crippen molar-refractivity contribution < 1.29 is 11.3 Å². The number of anilines is 8. The lowest BCUT2D eigenvalue weighted by Crippen LogP contribution is -2.64. The molecule has 2 atom stereocenters. The lowest BCUT2D eigenvalue weighted by molar-refractivity contribution is 0.195. The van der Waals surface area contributed by atoms with Crippen LogP contribution in [0.25, 0.3) is 33.1 Å². The van der Waals surface area contributed by atoms with Gasteiger partial charge in [-0.2, -0.15) is 5.26 Å². The predicted octanol–water partition coefficient (Wildman–Crippen LogP) is 17.6. The Balaban J connectivity index is 1.08. The SMILES string of the molecule is [2H]c1c([2H])c([2H])c(-c2cc3c4c(c2)N2c5c(cc(C#N)cc5C5(C)CCCCC25C)B4c2ccc(N(c4ccc5c(c4)C(C)(C)CCC5(C)C)c4ccc5c(c4)C(C)(C)CCC5(C)C)cc2N3c2cccc3c2oc2ccccc23)c([2H])c1[2H]. The number of hydrogen-bond acceptors (Lipinski definition) is 5. The van der Waals surface area contributed by atoms with Gasteiger partial charge in [-0.15, -0.1) is 0 Å². The fourth-order valence-electron chi connectivity index (χ4n) is 16.1. The van der Waals surface area contributed by atoms with E-state index in [0.29, 0.717) is 16.7 Å². The van der Waals surface area contributed by atoms with Crippen LogP contribution >= 0.6 is 0 Å². The molecule has 1 fully saturated rings. The van der Waals surface area contributed by atoms with E-state index in [1.54, 1.807) is 0 Å². The first-order valence-corrected chi connectivity index (χ1v) is 29.0. The van der Waals surface area contributed by atoms with Gasteiger partial charge < -0.3 is 19.1 Å². The van der Waals surface area contributed by atoms with E-state index in [-0.39, 0.29) is 63.5 Å². The molecule has 6 aliphatic rings. The Morgan fingerprint density at radius 3 is 1.82 bits per heavy atom. The first-order valence-electron chi connectivity index (χ1n) is 31.5. The number of furan rings is 1. The molecule has 6 heteroatoms. The molecule has 3 aliphatic carbocycles. The van der Waals surface area contributed by atoms with Crippen molar-refractivity contribution in [1.29, 1.82) is 5.26 Å². The molecule has 15 rings (SSSR count). The Hall–Kier alpha value is -7.49. The minimum absolute atomic E-state index is 0.0190. The standard InChI is InChI=1S/C73H71BN4O/c1-68(2)33-35-70(5,6)55-41-48(25-28-53(55)68)76(49-26-29-54-56(42-49)71(7,8)36-34-69(54,3)4)50-27-30-58-61(43-50)77(60-23-18-22-52-51-21-14-15-24-64(51)79-67(52)60)62-39-47(46-19-12-11-13-20-46)40-63-65(62)74(58)59-38-45(44-75)37-57-66(59)78(63)73(10)32-17-16-31-72(57,73)9/h11-15,18-30,37-43H,16-17,31-36H2,1-10H3/i11D,12D,13D,19D,20D. The number of hydrogen-bond donors (Lipinski definition) is 0. The number of nitriles is 1. The lowest BCUT2D eigenvalue weighted by atomic mass is 9.33. The molecule has 0 saturated heterocycles. The van der Waals surface area contributed by atoms with E-state index in [1.165, 1.54) is 27.8 Å². The molecule has 0 spiro atoms. The Kier molecular flexibility index (Phi) is 8.96. The molecule has 9 aromatic rings. The van der Waals surface area contributed by atoms with Crippen LogP contribution in [0.3, 0.4) is 0 Å². The van der Waals surface area contributed by atoms with Gasteiger partial charge in [0.05, 0.1) is 29.7 Å². The highest BCUT2D eigenvalue weighted by molar-refractivity contribution is 7.00. The van der Waals surface area contributed by atoms with E-state index >= 15 is 0 Å². The van der Waals surface area contributed by atoms with Crippen LogP contribution < -0.4 is 31.1 Å². The van der Waals surface area contributed by atoms with Gasteiger partial charge in [-0.25, -0.2) is 0 Å². The van der Waals surface area contributed by atoms with E-state index in [1.807, 2.05) is 18.2 Å². The van der Waals surface area contributed by atoms with Gasteiger partial charge >= 0.3 is 0 Å². The number of nitrogens with zero attached hydrogens (tertiary/aromatic N) is 4. The van der Waals surface area contributed by atoms with Crippen LogP contribution in [-0.4, -0.2) is 12.3 Å². The number of benzene rings is 8. The fraction of sp³-hybridized carbons (Fsp3) is 0.329. The van der Waals surface area contributed by atoms with Crippen molar-refractivity contribution in [2.24, 2.45) is 0 Å². The molecular formula is C73H71BN4O. The second-order valence-corrected chi connectivity index (χ2v) is 27.2. The Morgan fingerprint density at radius 1 is 0.532 bits per heavy atom. The van der Waals surface area contributed by atoms with Crippen LogP contribution in [0.15, 0.2) is 156 Å². The number of rotatable bonds is 5. The molecule has 0 radical (unpaired) electrons. The van der Waals surface area contributed by atoms with Crippen molar-refractivity contribution in [2.75, 3.05) is 14.7 Å². The summed E-state index contributed by atoms with van der Waals surface area (Å²) in [5.41, 5.74) is 19.6. The van der Waals surface area contributed by atoms with Gasteiger partial charge in [0.1, 0.15) is 5.58 Å². The van der Waals surface area contributed by atoms with Crippen LogP contribution in [0.1, 0.15) is 161 Å². The van der Waals surface area contributed by atoms with E-state index in [4.69, 9.17) is 8.53 Å². The van der Waals surface area contributed by atoms with Crippen molar-refractivity contribution in [3.63, 3.8) is 0 Å². The number of fused-ring (bicyclic) bond motifs is 12. The Morgan fingerprint density at radius 2 is 1.14 bits per heavy atom. The molecule has 0 bridgehead atoms. The van der Waals surface area contributed by atoms with Gasteiger partial charge in [-0.05, 0) is 195 Å². The molecule has 3 aliphatic heterocycles. The summed E-state index contributed by atoms with van der Waals surface area (Å²) in [6, 6.07) is 45.4. The molecule has 5 nitrogen and oxygen atoms in total. The minimum atomic E-state index is -0.431. The molecule has 0 N–H and O–H groups in total. The summed E-state index contributed by atoms with van der Waals surface area (Å²) in [7, 11) is 0. The maximum absolute atomic E-state index is 11.1. The molecule has 392 valence electrons. The third-order valence-corrected chi connectivity index (χ3v) is 21.0. The average molecular weight is 1040 g/mol. The zero-order valence-electron chi connectivity index (χ0n) is 52.5. The largest absolute Gasteiger partial charge is 0.454 e. The van der Waals surface area contributed by atoms with Crippen LogP contribution in [0.2, 0.25) is 0 Å². The zero-order valence-corrected chi connectivity index (χ0v) is 47.5. The average Bonchev–Trinajstić information content (AvgIpc) is 1.44. The first-order chi connectivity index (χ1) is 39.9. The normalized spacial score (nSPS) is 22.9.